The first kappa shape index (κ1) is 26.5. The van der Waals surface area contributed by atoms with Crippen LogP contribution in [0, 0.1) is 25.7 Å². The smallest absolute Gasteiger partial charge is 0.230 e. The van der Waals surface area contributed by atoms with E-state index in [0.29, 0.717) is 24.7 Å². The number of anilines is 1. The summed E-state index contributed by atoms with van der Waals surface area (Å²) in [6.07, 6.45) is 11.0. The van der Waals surface area contributed by atoms with Gasteiger partial charge in [0.2, 0.25) is 5.91 Å². The normalized spacial score (nSPS) is 23.7. The highest BCUT2D eigenvalue weighted by molar-refractivity contribution is 5.95. The first-order valence-electron chi connectivity index (χ1n) is 14.2. The Morgan fingerprint density at radius 1 is 1.03 bits per heavy atom. The minimum absolute atomic E-state index is 0.0207. The molecule has 0 unspecified atom stereocenters. The fourth-order valence-corrected chi connectivity index (χ4v) is 6.32. The molecule has 1 amide bonds. The molecule has 2 fully saturated rings. The summed E-state index contributed by atoms with van der Waals surface area (Å²) in [4.78, 5) is 16.0. The van der Waals surface area contributed by atoms with Crippen molar-refractivity contribution in [2.45, 2.75) is 77.2 Å². The highest BCUT2D eigenvalue weighted by Gasteiger charge is 2.32. The number of aromatic nitrogens is 2. The van der Waals surface area contributed by atoms with Crippen molar-refractivity contribution in [2.75, 3.05) is 18.6 Å². The molecular formula is C32H41N3O3. The lowest BCUT2D eigenvalue weighted by atomic mass is 9.78. The first-order chi connectivity index (χ1) is 18.4. The molecule has 202 valence electrons. The monoisotopic (exact) mass is 515 g/mol. The Morgan fingerprint density at radius 3 is 2.45 bits per heavy atom. The molecule has 1 aromatic heterocycles. The minimum Gasteiger partial charge on any atom is -0.496 e. The average molecular weight is 516 g/mol. The summed E-state index contributed by atoms with van der Waals surface area (Å²) >= 11 is 0. The number of methoxy groups -OCH3 is 1. The third-order valence-corrected chi connectivity index (χ3v) is 8.61. The molecule has 2 aliphatic carbocycles. The molecule has 5 rings (SSSR count). The van der Waals surface area contributed by atoms with E-state index >= 15 is 0 Å². The van der Waals surface area contributed by atoms with E-state index in [1.807, 2.05) is 41.0 Å². The first-order valence-corrected chi connectivity index (χ1v) is 14.2. The Morgan fingerprint density at radius 2 is 1.79 bits per heavy atom. The van der Waals surface area contributed by atoms with Crippen molar-refractivity contribution in [3.8, 4) is 11.4 Å². The van der Waals surface area contributed by atoms with Crippen LogP contribution in [0.25, 0.3) is 5.69 Å². The van der Waals surface area contributed by atoms with Gasteiger partial charge in [0.1, 0.15) is 5.75 Å². The summed E-state index contributed by atoms with van der Waals surface area (Å²) in [5.41, 5.74) is 5.60. The number of rotatable bonds is 7. The van der Waals surface area contributed by atoms with Crippen LogP contribution in [0.3, 0.4) is 0 Å². The number of ether oxygens (including phenoxy) is 1. The van der Waals surface area contributed by atoms with Gasteiger partial charge in [-0.2, -0.15) is 5.10 Å². The lowest BCUT2D eigenvalue weighted by Gasteiger charge is -2.36. The molecule has 1 heterocycles. The lowest BCUT2D eigenvalue weighted by Crippen LogP contribution is -2.41. The molecule has 0 atom stereocenters. The van der Waals surface area contributed by atoms with Crippen molar-refractivity contribution in [3.05, 3.63) is 71.5 Å². The molecule has 2 saturated carbocycles. The number of carbonyl (C=O) groups excluding carboxylic acids is 1. The molecule has 0 spiro atoms. The summed E-state index contributed by atoms with van der Waals surface area (Å²) in [6.45, 7) is 4.89. The SMILES string of the molecule is COc1ccc(C2CCC(CN(C(=O)C3CCC(O)CC3)c3cccc(-n4cc(C)cn4)c3)CC2)cc1C. The number of hydrogen-bond acceptors (Lipinski definition) is 4. The number of nitrogens with zero attached hydrogens (tertiary/aromatic N) is 3. The molecule has 6 heteroatoms. The molecule has 3 aromatic rings. The Labute approximate surface area is 226 Å². The molecule has 6 nitrogen and oxygen atoms in total. The molecule has 2 aliphatic rings. The second-order valence-corrected chi connectivity index (χ2v) is 11.4. The van der Waals surface area contributed by atoms with Crippen LogP contribution in [0.1, 0.15) is 74.0 Å². The van der Waals surface area contributed by atoms with Gasteiger partial charge < -0.3 is 14.7 Å². The van der Waals surface area contributed by atoms with Crippen molar-refractivity contribution < 1.29 is 14.6 Å². The maximum Gasteiger partial charge on any atom is 0.230 e. The fraction of sp³-hybridized carbons (Fsp3) is 0.500. The van der Waals surface area contributed by atoms with Crippen LogP contribution in [0.15, 0.2) is 54.9 Å². The summed E-state index contributed by atoms with van der Waals surface area (Å²) in [5.74, 6) is 2.16. The number of carbonyl (C=O) groups is 1. The highest BCUT2D eigenvalue weighted by atomic mass is 16.5. The van der Waals surface area contributed by atoms with E-state index in [2.05, 4.69) is 42.4 Å². The summed E-state index contributed by atoms with van der Waals surface area (Å²) in [7, 11) is 1.72. The summed E-state index contributed by atoms with van der Waals surface area (Å²) < 4.78 is 7.32. The van der Waals surface area contributed by atoms with Crippen LogP contribution in [0.5, 0.6) is 5.75 Å². The van der Waals surface area contributed by atoms with Gasteiger partial charge in [-0.05, 0) is 118 Å². The maximum atomic E-state index is 13.9. The number of aliphatic hydroxyl groups excluding tert-OH is 1. The van der Waals surface area contributed by atoms with Crippen molar-refractivity contribution >= 4 is 11.6 Å². The van der Waals surface area contributed by atoms with E-state index in [1.54, 1.807) is 7.11 Å². The van der Waals surface area contributed by atoms with Crippen LogP contribution < -0.4 is 9.64 Å². The van der Waals surface area contributed by atoms with Crippen molar-refractivity contribution in [1.82, 2.24) is 9.78 Å². The Balaban J connectivity index is 1.32. The second kappa shape index (κ2) is 11.7. The number of benzene rings is 2. The topological polar surface area (TPSA) is 67.6 Å². The van der Waals surface area contributed by atoms with E-state index in [9.17, 15) is 9.90 Å². The van der Waals surface area contributed by atoms with Gasteiger partial charge in [0.15, 0.2) is 0 Å². The zero-order chi connectivity index (χ0) is 26.6. The van der Waals surface area contributed by atoms with Crippen LogP contribution in [0.2, 0.25) is 0 Å². The van der Waals surface area contributed by atoms with Gasteiger partial charge in [-0.1, -0.05) is 18.2 Å². The van der Waals surface area contributed by atoms with Crippen LogP contribution >= 0.6 is 0 Å². The van der Waals surface area contributed by atoms with Gasteiger partial charge in [-0.25, -0.2) is 4.68 Å². The molecule has 0 aliphatic heterocycles. The predicted octanol–water partition coefficient (Wildman–Crippen LogP) is 6.36. The quantitative estimate of drug-likeness (QED) is 0.398. The molecule has 1 N–H and O–H groups in total. The maximum absolute atomic E-state index is 13.9. The molecule has 38 heavy (non-hydrogen) atoms. The molecule has 0 radical (unpaired) electrons. The number of aryl methyl sites for hydroxylation is 2. The lowest BCUT2D eigenvalue weighted by molar-refractivity contribution is -0.124. The van der Waals surface area contributed by atoms with E-state index in [1.165, 1.54) is 11.1 Å². The van der Waals surface area contributed by atoms with Crippen molar-refractivity contribution in [1.29, 1.82) is 0 Å². The Bertz CT molecular complexity index is 1240. The zero-order valence-electron chi connectivity index (χ0n) is 23.0. The van der Waals surface area contributed by atoms with Crippen LogP contribution in [-0.4, -0.2) is 40.6 Å². The zero-order valence-corrected chi connectivity index (χ0v) is 23.0. The third kappa shape index (κ3) is 5.96. The molecule has 0 bridgehead atoms. The second-order valence-electron chi connectivity index (χ2n) is 11.4. The van der Waals surface area contributed by atoms with Crippen LogP contribution in [0.4, 0.5) is 5.69 Å². The van der Waals surface area contributed by atoms with Gasteiger partial charge in [0.05, 0.1) is 25.1 Å². The fourth-order valence-electron chi connectivity index (χ4n) is 6.32. The summed E-state index contributed by atoms with van der Waals surface area (Å²) in [6, 6.07) is 14.8. The Hall–Kier alpha value is -3.12. The van der Waals surface area contributed by atoms with Gasteiger partial charge >= 0.3 is 0 Å². The van der Waals surface area contributed by atoms with E-state index in [4.69, 9.17) is 4.74 Å². The highest BCUT2D eigenvalue weighted by Crippen LogP contribution is 2.38. The standard InChI is InChI=1S/C32H41N3O3/c1-22-19-33-35(20-22)29-6-4-5-28(18-29)34(32(37)26-11-14-30(36)15-12-26)21-24-7-9-25(10-8-24)27-13-16-31(38-3)23(2)17-27/h4-6,13,16-20,24-26,30,36H,7-12,14-15,21H2,1-3H3. The van der Waals surface area contributed by atoms with Crippen LogP contribution in [-0.2, 0) is 4.79 Å². The van der Waals surface area contributed by atoms with E-state index in [-0.39, 0.29) is 17.9 Å². The van der Waals surface area contributed by atoms with E-state index < -0.39 is 0 Å². The number of hydrogen-bond donors (Lipinski definition) is 1. The predicted molar refractivity (Wildman–Crippen MR) is 151 cm³/mol. The Kier molecular flexibility index (Phi) is 8.18. The van der Waals surface area contributed by atoms with Crippen molar-refractivity contribution in [2.24, 2.45) is 11.8 Å². The van der Waals surface area contributed by atoms with E-state index in [0.717, 1.165) is 67.8 Å². The number of aliphatic hydroxyl groups is 1. The van der Waals surface area contributed by atoms with Gasteiger partial charge in [0, 0.05) is 24.3 Å². The summed E-state index contributed by atoms with van der Waals surface area (Å²) in [5, 5.41) is 14.5. The van der Waals surface area contributed by atoms with Gasteiger partial charge in [-0.3, -0.25) is 4.79 Å². The van der Waals surface area contributed by atoms with Crippen molar-refractivity contribution in [3.63, 3.8) is 0 Å². The molecular weight excluding hydrogens is 474 g/mol. The molecule has 2 aromatic carbocycles. The molecule has 0 saturated heterocycles. The van der Waals surface area contributed by atoms with Gasteiger partial charge in [0.25, 0.3) is 0 Å². The third-order valence-electron chi connectivity index (χ3n) is 8.61. The average Bonchev–Trinajstić information content (AvgIpc) is 3.38. The largest absolute Gasteiger partial charge is 0.496 e. The minimum atomic E-state index is -0.268. The van der Waals surface area contributed by atoms with Gasteiger partial charge in [-0.15, -0.1) is 0 Å². The number of amides is 1.